The van der Waals surface area contributed by atoms with Crippen molar-refractivity contribution < 1.29 is 9.63 Å². The van der Waals surface area contributed by atoms with Crippen molar-refractivity contribution in [2.24, 2.45) is 5.73 Å². The minimum Gasteiger partial charge on any atom is -0.393 e. The predicted octanol–water partition coefficient (Wildman–Crippen LogP) is 0.0258. The SMILES string of the molecule is NCC1(c2ccon2)CC(O)C1. The second-order valence-electron chi connectivity index (χ2n) is 3.43. The topological polar surface area (TPSA) is 72.3 Å². The van der Waals surface area contributed by atoms with Crippen molar-refractivity contribution in [2.75, 3.05) is 6.54 Å². The summed E-state index contributed by atoms with van der Waals surface area (Å²) in [5, 5.41) is 13.0. The number of aliphatic hydroxyl groups excluding tert-OH is 1. The van der Waals surface area contributed by atoms with Crippen LogP contribution in [-0.4, -0.2) is 22.9 Å². The van der Waals surface area contributed by atoms with E-state index in [2.05, 4.69) is 5.16 Å². The molecule has 0 bridgehead atoms. The standard InChI is InChI=1S/C8H12N2O2/c9-5-8(3-6(11)4-8)7-1-2-12-10-7/h1-2,6,11H,3-5,9H2. The van der Waals surface area contributed by atoms with Gasteiger partial charge in [0.05, 0.1) is 11.8 Å². The minimum atomic E-state index is -0.217. The number of hydrogen-bond acceptors (Lipinski definition) is 4. The summed E-state index contributed by atoms with van der Waals surface area (Å²) in [7, 11) is 0. The molecule has 0 aliphatic heterocycles. The Labute approximate surface area is 70.3 Å². The fourth-order valence-corrected chi connectivity index (χ4v) is 1.81. The molecule has 0 amide bonds. The van der Waals surface area contributed by atoms with Crippen LogP contribution in [0.5, 0.6) is 0 Å². The molecule has 1 aromatic heterocycles. The molecule has 1 heterocycles. The largest absolute Gasteiger partial charge is 0.393 e. The average Bonchev–Trinajstić information content (AvgIpc) is 2.50. The Morgan fingerprint density at radius 3 is 2.92 bits per heavy atom. The molecule has 0 radical (unpaired) electrons. The Bertz CT molecular complexity index is 252. The van der Waals surface area contributed by atoms with Gasteiger partial charge < -0.3 is 15.4 Å². The summed E-state index contributed by atoms with van der Waals surface area (Å²) < 4.78 is 4.75. The molecule has 0 unspecified atom stereocenters. The van der Waals surface area contributed by atoms with Crippen LogP contribution in [0.3, 0.4) is 0 Å². The Morgan fingerprint density at radius 1 is 1.75 bits per heavy atom. The van der Waals surface area contributed by atoms with Gasteiger partial charge in [-0.2, -0.15) is 0 Å². The predicted molar refractivity (Wildman–Crippen MR) is 42.5 cm³/mol. The third-order valence-corrected chi connectivity index (χ3v) is 2.62. The molecule has 0 saturated heterocycles. The van der Waals surface area contributed by atoms with E-state index in [-0.39, 0.29) is 11.5 Å². The van der Waals surface area contributed by atoms with Gasteiger partial charge in [-0.25, -0.2) is 0 Å². The lowest BCUT2D eigenvalue weighted by Crippen LogP contribution is -2.50. The first-order valence-electron chi connectivity index (χ1n) is 4.06. The molecule has 4 nitrogen and oxygen atoms in total. The van der Waals surface area contributed by atoms with Gasteiger partial charge in [0.25, 0.3) is 0 Å². The van der Waals surface area contributed by atoms with Gasteiger partial charge in [0.1, 0.15) is 6.26 Å². The van der Waals surface area contributed by atoms with E-state index in [4.69, 9.17) is 10.3 Å². The quantitative estimate of drug-likeness (QED) is 0.653. The third-order valence-electron chi connectivity index (χ3n) is 2.62. The number of nitrogens with two attached hydrogens (primary N) is 1. The first-order chi connectivity index (χ1) is 5.77. The van der Waals surface area contributed by atoms with Gasteiger partial charge in [0.2, 0.25) is 0 Å². The van der Waals surface area contributed by atoms with Crippen molar-refractivity contribution in [2.45, 2.75) is 24.4 Å². The van der Waals surface area contributed by atoms with Crippen molar-refractivity contribution in [3.8, 4) is 0 Å². The van der Waals surface area contributed by atoms with Crippen molar-refractivity contribution in [3.63, 3.8) is 0 Å². The maximum absolute atomic E-state index is 9.20. The van der Waals surface area contributed by atoms with Crippen molar-refractivity contribution in [3.05, 3.63) is 18.0 Å². The Hall–Kier alpha value is -0.870. The lowest BCUT2D eigenvalue weighted by molar-refractivity contribution is 0.0186. The summed E-state index contributed by atoms with van der Waals surface area (Å²) in [5.41, 5.74) is 6.38. The lowest BCUT2D eigenvalue weighted by Gasteiger charge is -2.42. The maximum atomic E-state index is 9.20. The van der Waals surface area contributed by atoms with E-state index in [1.54, 1.807) is 0 Å². The van der Waals surface area contributed by atoms with E-state index in [1.807, 2.05) is 6.07 Å². The van der Waals surface area contributed by atoms with E-state index >= 15 is 0 Å². The molecule has 66 valence electrons. The molecule has 1 fully saturated rings. The monoisotopic (exact) mass is 168 g/mol. The van der Waals surface area contributed by atoms with Crippen LogP contribution in [0.1, 0.15) is 18.5 Å². The van der Waals surface area contributed by atoms with E-state index in [0.717, 1.165) is 5.69 Å². The van der Waals surface area contributed by atoms with Crippen LogP contribution >= 0.6 is 0 Å². The molecule has 4 heteroatoms. The highest BCUT2D eigenvalue weighted by molar-refractivity contribution is 5.20. The van der Waals surface area contributed by atoms with Crippen molar-refractivity contribution in [1.29, 1.82) is 0 Å². The normalized spacial score (nSPS) is 34.7. The van der Waals surface area contributed by atoms with Gasteiger partial charge >= 0.3 is 0 Å². The van der Waals surface area contributed by atoms with Gasteiger partial charge in [-0.1, -0.05) is 5.16 Å². The zero-order chi connectivity index (χ0) is 8.60. The first-order valence-corrected chi connectivity index (χ1v) is 4.06. The second-order valence-corrected chi connectivity index (χ2v) is 3.43. The van der Waals surface area contributed by atoms with Crippen LogP contribution in [0.2, 0.25) is 0 Å². The molecule has 0 aromatic carbocycles. The summed E-state index contributed by atoms with van der Waals surface area (Å²) in [6.45, 7) is 0.524. The zero-order valence-corrected chi connectivity index (χ0v) is 6.73. The van der Waals surface area contributed by atoms with Crippen LogP contribution in [-0.2, 0) is 5.41 Å². The minimum absolute atomic E-state index is 0.119. The summed E-state index contributed by atoms with van der Waals surface area (Å²) in [6, 6.07) is 1.82. The highest BCUT2D eigenvalue weighted by atomic mass is 16.5. The van der Waals surface area contributed by atoms with Crippen LogP contribution < -0.4 is 5.73 Å². The number of aromatic nitrogens is 1. The van der Waals surface area contributed by atoms with Gasteiger partial charge in [-0.05, 0) is 12.8 Å². The summed E-state index contributed by atoms with van der Waals surface area (Å²) in [5.74, 6) is 0. The summed E-state index contributed by atoms with van der Waals surface area (Å²) in [4.78, 5) is 0. The Kier molecular flexibility index (Phi) is 1.66. The van der Waals surface area contributed by atoms with Gasteiger partial charge in [0.15, 0.2) is 0 Å². The van der Waals surface area contributed by atoms with Crippen molar-refractivity contribution in [1.82, 2.24) is 5.16 Å². The number of hydrogen-bond donors (Lipinski definition) is 2. The van der Waals surface area contributed by atoms with Crippen LogP contribution in [0.4, 0.5) is 0 Å². The summed E-state index contributed by atoms with van der Waals surface area (Å²) >= 11 is 0. The molecule has 2 rings (SSSR count). The number of nitrogens with zero attached hydrogens (tertiary/aromatic N) is 1. The van der Waals surface area contributed by atoms with Crippen molar-refractivity contribution >= 4 is 0 Å². The fraction of sp³-hybridized carbons (Fsp3) is 0.625. The molecule has 12 heavy (non-hydrogen) atoms. The Balaban J connectivity index is 2.20. The highest BCUT2D eigenvalue weighted by Gasteiger charge is 2.45. The highest BCUT2D eigenvalue weighted by Crippen LogP contribution is 2.42. The van der Waals surface area contributed by atoms with Gasteiger partial charge in [-0.3, -0.25) is 0 Å². The molecule has 0 spiro atoms. The first kappa shape index (κ1) is 7.76. The fourth-order valence-electron chi connectivity index (χ4n) is 1.81. The molecular weight excluding hydrogens is 156 g/mol. The molecule has 1 aliphatic rings. The van der Waals surface area contributed by atoms with Crippen LogP contribution in [0.25, 0.3) is 0 Å². The van der Waals surface area contributed by atoms with Gasteiger partial charge in [-0.15, -0.1) is 0 Å². The maximum Gasteiger partial charge on any atom is 0.124 e. The molecule has 1 aromatic rings. The average molecular weight is 168 g/mol. The van der Waals surface area contributed by atoms with E-state index in [0.29, 0.717) is 19.4 Å². The molecular formula is C8H12N2O2. The van der Waals surface area contributed by atoms with E-state index in [9.17, 15) is 5.11 Å². The summed E-state index contributed by atoms with van der Waals surface area (Å²) in [6.07, 6.45) is 2.73. The zero-order valence-electron chi connectivity index (χ0n) is 6.73. The van der Waals surface area contributed by atoms with Crippen LogP contribution in [0.15, 0.2) is 16.9 Å². The molecule has 0 atom stereocenters. The van der Waals surface area contributed by atoms with E-state index in [1.165, 1.54) is 6.26 Å². The second kappa shape index (κ2) is 2.57. The Morgan fingerprint density at radius 2 is 2.50 bits per heavy atom. The molecule has 1 aliphatic carbocycles. The molecule has 3 N–H and O–H groups in total. The molecule has 1 saturated carbocycles. The van der Waals surface area contributed by atoms with E-state index < -0.39 is 0 Å². The smallest absolute Gasteiger partial charge is 0.124 e. The number of aliphatic hydroxyl groups is 1. The number of rotatable bonds is 2. The lowest BCUT2D eigenvalue weighted by atomic mass is 9.65. The third kappa shape index (κ3) is 0.956. The van der Waals surface area contributed by atoms with Crippen LogP contribution in [0, 0.1) is 0 Å². The van der Waals surface area contributed by atoms with Gasteiger partial charge in [0, 0.05) is 18.0 Å².